The summed E-state index contributed by atoms with van der Waals surface area (Å²) in [4.78, 5) is 10.0. The van der Waals surface area contributed by atoms with Crippen LogP contribution in [0.2, 0.25) is 0 Å². The van der Waals surface area contributed by atoms with Crippen LogP contribution >= 0.6 is 0 Å². The molecule has 0 bridgehead atoms. The van der Waals surface area contributed by atoms with Crippen molar-refractivity contribution >= 4 is 15.8 Å². The quantitative estimate of drug-likeness (QED) is 0.769. The van der Waals surface area contributed by atoms with E-state index in [1.807, 2.05) is 0 Å². The Morgan fingerprint density at radius 1 is 1.35 bits per heavy atom. The highest BCUT2D eigenvalue weighted by Gasteiger charge is 2.21. The van der Waals surface area contributed by atoms with Crippen LogP contribution in [0, 0.1) is 11.6 Å². The maximum absolute atomic E-state index is 13.2. The van der Waals surface area contributed by atoms with Crippen LogP contribution in [0.15, 0.2) is 23.1 Å². The maximum atomic E-state index is 13.2. The molecule has 0 spiro atoms. The smallest absolute Gasteiger partial charge is 0.306 e. The van der Waals surface area contributed by atoms with E-state index in [2.05, 4.69) is 4.74 Å². The average Bonchev–Trinajstić information content (AvgIpc) is 2.29. The minimum atomic E-state index is -4.03. The molecular formula is C10H10F2O4S. The molecule has 0 saturated carbocycles. The molecule has 1 aromatic rings. The molecule has 17 heavy (non-hydrogen) atoms. The summed E-state index contributed by atoms with van der Waals surface area (Å²) in [5.74, 6) is -3.26. The summed E-state index contributed by atoms with van der Waals surface area (Å²) < 4.78 is 53.5. The third kappa shape index (κ3) is 3.48. The van der Waals surface area contributed by atoms with Gasteiger partial charge in [-0.15, -0.1) is 0 Å². The van der Waals surface area contributed by atoms with Gasteiger partial charge in [0.15, 0.2) is 9.84 Å². The summed E-state index contributed by atoms with van der Waals surface area (Å²) >= 11 is 0. The van der Waals surface area contributed by atoms with Gasteiger partial charge in [-0.2, -0.15) is 0 Å². The Kier molecular flexibility index (Phi) is 4.17. The molecule has 0 aromatic heterocycles. The summed E-state index contributed by atoms with van der Waals surface area (Å²) in [6, 6.07) is 2.12. The van der Waals surface area contributed by atoms with Crippen LogP contribution < -0.4 is 0 Å². The number of carbonyl (C=O) groups is 1. The minimum absolute atomic E-state index is 0.408. The lowest BCUT2D eigenvalue weighted by atomic mass is 10.3. The largest absolute Gasteiger partial charge is 0.469 e. The van der Waals surface area contributed by atoms with Crippen molar-refractivity contribution in [2.75, 3.05) is 12.9 Å². The summed E-state index contributed by atoms with van der Waals surface area (Å²) in [5, 5.41) is 0. The fourth-order valence-corrected chi connectivity index (χ4v) is 2.46. The third-order valence-electron chi connectivity index (χ3n) is 2.03. The number of rotatable bonds is 4. The first kappa shape index (κ1) is 13.6. The molecule has 0 atom stereocenters. The number of ether oxygens (including phenoxy) is 1. The van der Waals surface area contributed by atoms with E-state index >= 15 is 0 Å². The van der Waals surface area contributed by atoms with Gasteiger partial charge in [0.2, 0.25) is 0 Å². The fraction of sp³-hybridized carbons (Fsp3) is 0.300. The molecule has 0 aliphatic heterocycles. The summed E-state index contributed by atoms with van der Waals surface area (Å²) in [6.07, 6.45) is -0.408. The highest BCUT2D eigenvalue weighted by molar-refractivity contribution is 7.91. The third-order valence-corrected chi connectivity index (χ3v) is 3.76. The number of hydrogen-bond donors (Lipinski definition) is 0. The fourth-order valence-electron chi connectivity index (χ4n) is 1.15. The first-order valence-electron chi connectivity index (χ1n) is 4.61. The van der Waals surface area contributed by atoms with Gasteiger partial charge in [0.25, 0.3) is 0 Å². The molecule has 0 fully saturated rings. The molecule has 1 rings (SSSR count). The van der Waals surface area contributed by atoms with Crippen molar-refractivity contribution in [1.82, 2.24) is 0 Å². The van der Waals surface area contributed by atoms with Gasteiger partial charge in [0.05, 0.1) is 19.3 Å². The molecule has 0 saturated heterocycles. The van der Waals surface area contributed by atoms with Crippen LogP contribution in [-0.4, -0.2) is 27.2 Å². The van der Waals surface area contributed by atoms with Crippen molar-refractivity contribution in [3.63, 3.8) is 0 Å². The number of hydrogen-bond acceptors (Lipinski definition) is 4. The highest BCUT2D eigenvalue weighted by atomic mass is 32.2. The Labute approximate surface area is 97.1 Å². The van der Waals surface area contributed by atoms with Crippen LogP contribution in [0.3, 0.4) is 0 Å². The van der Waals surface area contributed by atoms with E-state index in [1.54, 1.807) is 0 Å². The SMILES string of the molecule is COC(=O)CCS(=O)(=O)c1cc(F)ccc1F. The zero-order valence-electron chi connectivity index (χ0n) is 8.94. The molecule has 0 unspecified atom stereocenters. The second-order valence-electron chi connectivity index (χ2n) is 3.22. The van der Waals surface area contributed by atoms with Crippen molar-refractivity contribution in [2.24, 2.45) is 0 Å². The van der Waals surface area contributed by atoms with Gasteiger partial charge in [-0.1, -0.05) is 0 Å². The number of methoxy groups -OCH3 is 1. The monoisotopic (exact) mass is 264 g/mol. The molecule has 4 nitrogen and oxygen atoms in total. The minimum Gasteiger partial charge on any atom is -0.469 e. The number of halogens is 2. The van der Waals surface area contributed by atoms with E-state index < -0.39 is 44.5 Å². The standard InChI is InChI=1S/C10H10F2O4S/c1-16-10(13)4-5-17(14,15)9-6-7(11)2-3-8(9)12/h2-3,6H,4-5H2,1H3. The Hall–Kier alpha value is -1.50. The summed E-state index contributed by atoms with van der Waals surface area (Å²) in [5.41, 5.74) is 0. The number of carbonyl (C=O) groups excluding carboxylic acids is 1. The summed E-state index contributed by atoms with van der Waals surface area (Å²) in [7, 11) is -2.93. The van der Waals surface area contributed by atoms with E-state index in [4.69, 9.17) is 0 Å². The second-order valence-corrected chi connectivity index (χ2v) is 5.30. The van der Waals surface area contributed by atoms with E-state index in [1.165, 1.54) is 0 Å². The molecule has 0 amide bonds. The zero-order chi connectivity index (χ0) is 13.1. The van der Waals surface area contributed by atoms with E-state index in [-0.39, 0.29) is 0 Å². The maximum Gasteiger partial charge on any atom is 0.306 e. The van der Waals surface area contributed by atoms with E-state index in [9.17, 15) is 22.0 Å². The number of benzene rings is 1. The van der Waals surface area contributed by atoms with E-state index in [0.717, 1.165) is 19.2 Å². The molecule has 0 heterocycles. The predicted molar refractivity (Wildman–Crippen MR) is 55.0 cm³/mol. The van der Waals surface area contributed by atoms with Gasteiger partial charge in [0, 0.05) is 0 Å². The lowest BCUT2D eigenvalue weighted by Gasteiger charge is -2.05. The second kappa shape index (κ2) is 5.22. The van der Waals surface area contributed by atoms with Gasteiger partial charge >= 0.3 is 5.97 Å². The van der Waals surface area contributed by atoms with Gasteiger partial charge < -0.3 is 4.74 Å². The predicted octanol–water partition coefficient (Wildman–Crippen LogP) is 1.30. The molecule has 0 N–H and O–H groups in total. The normalized spacial score (nSPS) is 11.2. The number of sulfone groups is 1. The van der Waals surface area contributed by atoms with Gasteiger partial charge in [-0.3, -0.25) is 4.79 Å². The molecular weight excluding hydrogens is 254 g/mol. The van der Waals surface area contributed by atoms with Crippen LogP contribution in [-0.2, 0) is 19.4 Å². The summed E-state index contributed by atoms with van der Waals surface area (Å²) in [6.45, 7) is 0. The van der Waals surface area contributed by atoms with Crippen molar-refractivity contribution in [3.05, 3.63) is 29.8 Å². The molecule has 94 valence electrons. The van der Waals surface area contributed by atoms with Crippen molar-refractivity contribution in [3.8, 4) is 0 Å². The van der Waals surface area contributed by atoms with Crippen LogP contribution in [0.1, 0.15) is 6.42 Å². The first-order chi connectivity index (χ1) is 7.86. The Morgan fingerprint density at radius 2 is 2.00 bits per heavy atom. The van der Waals surface area contributed by atoms with Crippen molar-refractivity contribution in [1.29, 1.82) is 0 Å². The first-order valence-corrected chi connectivity index (χ1v) is 6.26. The molecule has 7 heteroatoms. The average molecular weight is 264 g/mol. The molecule has 0 aliphatic carbocycles. The van der Waals surface area contributed by atoms with Gasteiger partial charge in [0.1, 0.15) is 16.5 Å². The topological polar surface area (TPSA) is 60.4 Å². The Balaban J connectivity index is 2.97. The van der Waals surface area contributed by atoms with Gasteiger partial charge in [-0.25, -0.2) is 17.2 Å². The zero-order valence-corrected chi connectivity index (χ0v) is 9.76. The molecule has 0 radical (unpaired) electrons. The van der Waals surface area contributed by atoms with Crippen molar-refractivity contribution < 1.29 is 26.7 Å². The Bertz CT molecular complexity index is 525. The van der Waals surface area contributed by atoms with Gasteiger partial charge in [-0.05, 0) is 18.2 Å². The van der Waals surface area contributed by atoms with Crippen molar-refractivity contribution in [2.45, 2.75) is 11.3 Å². The molecule has 1 aromatic carbocycles. The van der Waals surface area contributed by atoms with E-state index in [0.29, 0.717) is 6.07 Å². The Morgan fingerprint density at radius 3 is 2.59 bits per heavy atom. The highest BCUT2D eigenvalue weighted by Crippen LogP contribution is 2.18. The lowest BCUT2D eigenvalue weighted by Crippen LogP contribution is -2.13. The van der Waals surface area contributed by atoms with Crippen LogP contribution in [0.25, 0.3) is 0 Å². The molecule has 0 aliphatic rings. The number of esters is 1. The van der Waals surface area contributed by atoms with Crippen LogP contribution in [0.5, 0.6) is 0 Å². The van der Waals surface area contributed by atoms with Crippen LogP contribution in [0.4, 0.5) is 8.78 Å². The lowest BCUT2D eigenvalue weighted by molar-refractivity contribution is -0.140.